The van der Waals surface area contributed by atoms with Crippen LogP contribution in [0.1, 0.15) is 0 Å². The molecule has 3 nitrogen and oxygen atoms in total. The molecule has 1 aromatic rings. The van der Waals surface area contributed by atoms with E-state index in [1.54, 1.807) is 0 Å². The van der Waals surface area contributed by atoms with Gasteiger partial charge in [-0.25, -0.2) is 0 Å². The number of para-hydroxylation sites is 2. The summed E-state index contributed by atoms with van der Waals surface area (Å²) in [7, 11) is 0. The highest BCUT2D eigenvalue weighted by Crippen LogP contribution is 2.30. The molecule has 18 heavy (non-hydrogen) atoms. The Hall–Kier alpha value is -0.640. The Bertz CT molecular complexity index is 370. The predicted molar refractivity (Wildman–Crippen MR) is 74.2 cm³/mol. The number of rotatable bonds is 6. The Morgan fingerprint density at radius 1 is 1.11 bits per heavy atom. The summed E-state index contributed by atoms with van der Waals surface area (Å²) in [5.41, 5.74) is 0. The van der Waals surface area contributed by atoms with E-state index in [0.29, 0.717) is 18.4 Å². The molecule has 0 saturated heterocycles. The molecular formula is C13H17Cl2NO2. The van der Waals surface area contributed by atoms with Crippen LogP contribution in [0.25, 0.3) is 0 Å². The SMILES string of the molecule is ClCCN(CCCl)C[C@H]1COc2ccccc2O1. The van der Waals surface area contributed by atoms with Crippen molar-refractivity contribution in [1.82, 2.24) is 4.90 Å². The lowest BCUT2D eigenvalue weighted by atomic mass is 10.2. The van der Waals surface area contributed by atoms with Gasteiger partial charge >= 0.3 is 0 Å². The first kappa shape index (κ1) is 13.8. The summed E-state index contributed by atoms with van der Waals surface area (Å²) in [4.78, 5) is 2.20. The summed E-state index contributed by atoms with van der Waals surface area (Å²) in [6.07, 6.45) is 0.0336. The molecule has 0 N–H and O–H groups in total. The number of ether oxygens (including phenoxy) is 2. The van der Waals surface area contributed by atoms with E-state index in [2.05, 4.69) is 4.90 Å². The molecule has 0 radical (unpaired) electrons. The van der Waals surface area contributed by atoms with Gasteiger partial charge in [0.05, 0.1) is 0 Å². The predicted octanol–water partition coefficient (Wildman–Crippen LogP) is 2.61. The smallest absolute Gasteiger partial charge is 0.161 e. The van der Waals surface area contributed by atoms with Crippen molar-refractivity contribution in [3.05, 3.63) is 24.3 Å². The maximum atomic E-state index is 5.90. The first-order valence-electron chi connectivity index (χ1n) is 6.06. The van der Waals surface area contributed by atoms with E-state index in [4.69, 9.17) is 32.7 Å². The molecule has 0 saturated carbocycles. The van der Waals surface area contributed by atoms with Crippen molar-refractivity contribution >= 4 is 23.2 Å². The summed E-state index contributed by atoms with van der Waals surface area (Å²) < 4.78 is 11.6. The van der Waals surface area contributed by atoms with E-state index in [9.17, 15) is 0 Å². The summed E-state index contributed by atoms with van der Waals surface area (Å²) in [6, 6.07) is 7.73. The highest BCUT2D eigenvalue weighted by Gasteiger charge is 2.22. The van der Waals surface area contributed by atoms with Gasteiger partial charge in [0.15, 0.2) is 11.5 Å². The van der Waals surface area contributed by atoms with Crippen LogP contribution in [-0.4, -0.2) is 49.0 Å². The van der Waals surface area contributed by atoms with Crippen LogP contribution in [0.15, 0.2) is 24.3 Å². The van der Waals surface area contributed by atoms with Gasteiger partial charge in [-0.05, 0) is 12.1 Å². The molecular weight excluding hydrogens is 273 g/mol. The highest BCUT2D eigenvalue weighted by molar-refractivity contribution is 6.18. The van der Waals surface area contributed by atoms with Crippen LogP contribution in [0, 0.1) is 0 Å². The minimum atomic E-state index is 0.0336. The number of benzene rings is 1. The molecule has 0 aliphatic carbocycles. The highest BCUT2D eigenvalue weighted by atomic mass is 35.5. The number of hydrogen-bond acceptors (Lipinski definition) is 3. The third-order valence-corrected chi connectivity index (χ3v) is 3.17. The van der Waals surface area contributed by atoms with E-state index < -0.39 is 0 Å². The van der Waals surface area contributed by atoms with Crippen molar-refractivity contribution in [3.8, 4) is 11.5 Å². The van der Waals surface area contributed by atoms with Crippen LogP contribution in [0.4, 0.5) is 0 Å². The number of alkyl halides is 2. The zero-order valence-electron chi connectivity index (χ0n) is 10.1. The van der Waals surface area contributed by atoms with E-state index in [-0.39, 0.29) is 6.10 Å². The monoisotopic (exact) mass is 289 g/mol. The molecule has 1 heterocycles. The first-order chi connectivity index (χ1) is 8.83. The van der Waals surface area contributed by atoms with Gasteiger partial charge in [-0.1, -0.05) is 12.1 Å². The van der Waals surface area contributed by atoms with Crippen molar-refractivity contribution in [1.29, 1.82) is 0 Å². The van der Waals surface area contributed by atoms with Crippen molar-refractivity contribution in [2.75, 3.05) is 38.0 Å². The van der Waals surface area contributed by atoms with E-state index >= 15 is 0 Å². The van der Waals surface area contributed by atoms with Crippen LogP contribution in [0.5, 0.6) is 11.5 Å². The minimum Gasteiger partial charge on any atom is -0.486 e. The molecule has 0 aromatic heterocycles. The van der Waals surface area contributed by atoms with Gasteiger partial charge in [-0.2, -0.15) is 0 Å². The van der Waals surface area contributed by atoms with Gasteiger partial charge in [0.1, 0.15) is 12.7 Å². The molecule has 1 aromatic carbocycles. The van der Waals surface area contributed by atoms with Gasteiger partial charge in [-0.15, -0.1) is 23.2 Å². The Morgan fingerprint density at radius 3 is 2.44 bits per heavy atom. The van der Waals surface area contributed by atoms with Gasteiger partial charge in [-0.3, -0.25) is 4.90 Å². The van der Waals surface area contributed by atoms with Crippen molar-refractivity contribution < 1.29 is 9.47 Å². The zero-order valence-corrected chi connectivity index (χ0v) is 11.7. The molecule has 1 aliphatic heterocycles. The quantitative estimate of drug-likeness (QED) is 0.752. The number of fused-ring (bicyclic) bond motifs is 1. The maximum Gasteiger partial charge on any atom is 0.161 e. The van der Waals surface area contributed by atoms with Crippen molar-refractivity contribution in [3.63, 3.8) is 0 Å². The van der Waals surface area contributed by atoms with Crippen LogP contribution in [0.3, 0.4) is 0 Å². The fourth-order valence-corrected chi connectivity index (χ4v) is 2.45. The Kier molecular flexibility index (Phi) is 5.42. The Morgan fingerprint density at radius 2 is 1.78 bits per heavy atom. The molecule has 0 spiro atoms. The topological polar surface area (TPSA) is 21.7 Å². The Labute approximate surface area is 118 Å². The molecule has 0 unspecified atom stereocenters. The number of halogens is 2. The largest absolute Gasteiger partial charge is 0.486 e. The molecule has 2 rings (SSSR count). The molecule has 0 amide bonds. The second-order valence-corrected chi connectivity index (χ2v) is 4.93. The van der Waals surface area contributed by atoms with E-state index in [1.165, 1.54) is 0 Å². The molecule has 1 atom stereocenters. The average molecular weight is 290 g/mol. The Balaban J connectivity index is 1.91. The second kappa shape index (κ2) is 7.07. The van der Waals surface area contributed by atoms with Crippen LogP contribution in [0.2, 0.25) is 0 Å². The third-order valence-electron chi connectivity index (χ3n) is 2.83. The lowest BCUT2D eigenvalue weighted by Crippen LogP contribution is -2.42. The number of nitrogens with zero attached hydrogens (tertiary/aromatic N) is 1. The summed E-state index contributed by atoms with van der Waals surface area (Å²) in [6.45, 7) is 2.98. The second-order valence-electron chi connectivity index (χ2n) is 4.18. The normalized spacial score (nSPS) is 18.1. The lowest BCUT2D eigenvalue weighted by molar-refractivity contribution is 0.0619. The van der Waals surface area contributed by atoms with Crippen LogP contribution >= 0.6 is 23.2 Å². The fraction of sp³-hybridized carbons (Fsp3) is 0.538. The van der Waals surface area contributed by atoms with Crippen molar-refractivity contribution in [2.45, 2.75) is 6.10 Å². The molecule has 0 bridgehead atoms. The fourth-order valence-electron chi connectivity index (χ4n) is 1.97. The van der Waals surface area contributed by atoms with E-state index in [0.717, 1.165) is 31.1 Å². The standard InChI is InChI=1S/C13H17Cl2NO2/c14-5-7-16(8-6-15)9-11-10-17-12-3-1-2-4-13(12)18-11/h1-4,11H,5-10H2/t11-/m0/s1. The van der Waals surface area contributed by atoms with Crippen LogP contribution < -0.4 is 9.47 Å². The minimum absolute atomic E-state index is 0.0336. The average Bonchev–Trinajstić information content (AvgIpc) is 2.39. The zero-order chi connectivity index (χ0) is 12.8. The lowest BCUT2D eigenvalue weighted by Gasteiger charge is -2.30. The maximum absolute atomic E-state index is 5.90. The number of hydrogen-bond donors (Lipinski definition) is 0. The van der Waals surface area contributed by atoms with Gasteiger partial charge < -0.3 is 9.47 Å². The van der Waals surface area contributed by atoms with Gasteiger partial charge in [0, 0.05) is 31.4 Å². The molecule has 0 fully saturated rings. The van der Waals surface area contributed by atoms with Gasteiger partial charge in [0.2, 0.25) is 0 Å². The molecule has 1 aliphatic rings. The van der Waals surface area contributed by atoms with E-state index in [1.807, 2.05) is 24.3 Å². The molecule has 5 heteroatoms. The van der Waals surface area contributed by atoms with Gasteiger partial charge in [0.25, 0.3) is 0 Å². The first-order valence-corrected chi connectivity index (χ1v) is 7.13. The van der Waals surface area contributed by atoms with Crippen LogP contribution in [-0.2, 0) is 0 Å². The van der Waals surface area contributed by atoms with Crippen molar-refractivity contribution in [2.24, 2.45) is 0 Å². The summed E-state index contributed by atoms with van der Waals surface area (Å²) in [5, 5.41) is 0. The summed E-state index contributed by atoms with van der Waals surface area (Å²) in [5.74, 6) is 2.82. The third kappa shape index (κ3) is 3.67. The molecule has 100 valence electrons. The summed E-state index contributed by atoms with van der Waals surface area (Å²) >= 11 is 11.5.